The minimum atomic E-state index is -0.931. The second-order valence-corrected chi connectivity index (χ2v) is 6.51. The molecule has 0 spiro atoms. The van der Waals surface area contributed by atoms with Crippen molar-refractivity contribution in [2.24, 2.45) is 0 Å². The number of amides is 1. The lowest BCUT2D eigenvalue weighted by atomic mass is 10.1. The van der Waals surface area contributed by atoms with E-state index in [1.54, 1.807) is 4.90 Å². The quantitative estimate of drug-likeness (QED) is 0.304. The molecule has 0 unspecified atom stereocenters. The van der Waals surface area contributed by atoms with Crippen LogP contribution in [0.3, 0.4) is 0 Å². The maximum absolute atomic E-state index is 12.7. The van der Waals surface area contributed by atoms with Gasteiger partial charge in [-0.2, -0.15) is 0 Å². The number of benzene rings is 2. The first-order chi connectivity index (χ1) is 14.5. The lowest BCUT2D eigenvalue weighted by Gasteiger charge is -2.23. The molecule has 0 fully saturated rings. The van der Waals surface area contributed by atoms with Crippen LogP contribution in [0.2, 0.25) is 0 Å². The summed E-state index contributed by atoms with van der Waals surface area (Å²) in [6.45, 7) is 0.326. The third-order valence-electron chi connectivity index (χ3n) is 4.38. The van der Waals surface area contributed by atoms with Crippen molar-refractivity contribution in [3.8, 4) is 0 Å². The molecule has 0 aliphatic carbocycles. The topological polar surface area (TPSA) is 103 Å². The minimum Gasteiger partial charge on any atom is -0.450 e. The fourth-order valence-corrected chi connectivity index (χ4v) is 2.83. The van der Waals surface area contributed by atoms with Gasteiger partial charge in [0.15, 0.2) is 6.61 Å². The number of rotatable bonds is 9. The van der Waals surface area contributed by atoms with Gasteiger partial charge in [-0.1, -0.05) is 60.7 Å². The van der Waals surface area contributed by atoms with E-state index >= 15 is 0 Å². The van der Waals surface area contributed by atoms with E-state index in [1.165, 1.54) is 0 Å². The Kier molecular flexibility index (Phi) is 6.94. The Hall–Kier alpha value is -3.94. The first kappa shape index (κ1) is 20.8. The standard InChI is InChI=1S/C22H20N2O6/c25-20(16-29-22(26)19-11-12-21(30-19)24(27)28)23(15-18-9-5-2-6-10-18)14-13-17-7-3-1-4-8-17/h1-12H,13-16H2. The summed E-state index contributed by atoms with van der Waals surface area (Å²) >= 11 is 0. The molecule has 1 heterocycles. The number of carbonyl (C=O) groups excluding carboxylic acids is 2. The molecule has 154 valence electrons. The van der Waals surface area contributed by atoms with Gasteiger partial charge < -0.3 is 14.1 Å². The number of carbonyl (C=O) groups is 2. The van der Waals surface area contributed by atoms with Gasteiger partial charge in [0.25, 0.3) is 5.91 Å². The lowest BCUT2D eigenvalue weighted by molar-refractivity contribution is -0.402. The van der Waals surface area contributed by atoms with E-state index in [4.69, 9.17) is 9.15 Å². The highest BCUT2D eigenvalue weighted by Crippen LogP contribution is 2.16. The van der Waals surface area contributed by atoms with Crippen LogP contribution in [-0.2, 0) is 22.5 Å². The van der Waals surface area contributed by atoms with Gasteiger partial charge in [0.05, 0.1) is 6.07 Å². The zero-order valence-electron chi connectivity index (χ0n) is 16.1. The molecule has 1 aromatic heterocycles. The summed E-state index contributed by atoms with van der Waals surface area (Å²) < 4.78 is 9.81. The molecule has 0 atom stereocenters. The van der Waals surface area contributed by atoms with E-state index in [0.29, 0.717) is 19.5 Å². The van der Waals surface area contributed by atoms with Crippen molar-refractivity contribution >= 4 is 17.8 Å². The van der Waals surface area contributed by atoms with Crippen LogP contribution in [0.15, 0.2) is 77.2 Å². The number of furan rings is 1. The summed E-state index contributed by atoms with van der Waals surface area (Å²) in [5.74, 6) is -2.20. The van der Waals surface area contributed by atoms with Crippen molar-refractivity contribution in [1.29, 1.82) is 0 Å². The Bertz CT molecular complexity index is 1000. The van der Waals surface area contributed by atoms with Gasteiger partial charge in [-0.25, -0.2) is 4.79 Å². The molecule has 8 nitrogen and oxygen atoms in total. The molecular weight excluding hydrogens is 388 g/mol. The number of nitrogens with zero attached hydrogens (tertiary/aromatic N) is 2. The molecule has 30 heavy (non-hydrogen) atoms. The van der Waals surface area contributed by atoms with E-state index in [9.17, 15) is 19.7 Å². The second kappa shape index (κ2) is 10.0. The lowest BCUT2D eigenvalue weighted by Crippen LogP contribution is -2.35. The maximum Gasteiger partial charge on any atom is 0.433 e. The van der Waals surface area contributed by atoms with Gasteiger partial charge in [-0.15, -0.1) is 0 Å². The van der Waals surface area contributed by atoms with Crippen LogP contribution >= 0.6 is 0 Å². The number of esters is 1. The average molecular weight is 408 g/mol. The van der Waals surface area contributed by atoms with Gasteiger partial charge in [0, 0.05) is 13.1 Å². The first-order valence-corrected chi connectivity index (χ1v) is 9.30. The molecular formula is C22H20N2O6. The summed E-state index contributed by atoms with van der Waals surface area (Å²) in [7, 11) is 0. The van der Waals surface area contributed by atoms with Crippen molar-refractivity contribution in [1.82, 2.24) is 4.90 Å². The molecule has 1 amide bonds. The molecule has 0 aliphatic heterocycles. The number of hydrogen-bond donors (Lipinski definition) is 0. The Morgan fingerprint density at radius 2 is 1.57 bits per heavy atom. The number of hydrogen-bond acceptors (Lipinski definition) is 6. The Morgan fingerprint density at radius 3 is 2.17 bits per heavy atom. The van der Waals surface area contributed by atoms with Crippen molar-refractivity contribution in [2.75, 3.05) is 13.2 Å². The molecule has 0 saturated carbocycles. The molecule has 3 rings (SSSR count). The van der Waals surface area contributed by atoms with Gasteiger partial charge in [-0.05, 0) is 23.6 Å². The normalized spacial score (nSPS) is 10.4. The third kappa shape index (κ3) is 5.78. The smallest absolute Gasteiger partial charge is 0.433 e. The van der Waals surface area contributed by atoms with Crippen molar-refractivity contribution in [2.45, 2.75) is 13.0 Å². The van der Waals surface area contributed by atoms with Crippen LogP contribution in [0.25, 0.3) is 0 Å². The van der Waals surface area contributed by atoms with E-state index in [0.717, 1.165) is 23.3 Å². The van der Waals surface area contributed by atoms with Crippen molar-refractivity contribution < 1.29 is 23.7 Å². The van der Waals surface area contributed by atoms with Crippen LogP contribution in [0.1, 0.15) is 21.7 Å². The van der Waals surface area contributed by atoms with Gasteiger partial charge >= 0.3 is 11.9 Å². The molecule has 0 N–H and O–H groups in total. The average Bonchev–Trinajstić information content (AvgIpc) is 3.27. The molecule has 0 aliphatic rings. The highest BCUT2D eigenvalue weighted by atomic mass is 16.7. The molecule has 0 bridgehead atoms. The summed E-state index contributed by atoms with van der Waals surface area (Å²) in [5.41, 5.74) is 2.04. The largest absolute Gasteiger partial charge is 0.450 e. The maximum atomic E-state index is 12.7. The fraction of sp³-hybridized carbons (Fsp3) is 0.182. The van der Waals surface area contributed by atoms with E-state index < -0.39 is 23.4 Å². The SMILES string of the molecule is O=C(OCC(=O)N(CCc1ccccc1)Cc1ccccc1)c1ccc([N+](=O)[O-])o1. The van der Waals surface area contributed by atoms with E-state index in [1.807, 2.05) is 60.7 Å². The van der Waals surface area contributed by atoms with E-state index in [-0.39, 0.29) is 11.7 Å². The predicted octanol–water partition coefficient (Wildman–Crippen LogP) is 3.62. The highest BCUT2D eigenvalue weighted by Gasteiger charge is 2.21. The molecule has 3 aromatic rings. The van der Waals surface area contributed by atoms with Crippen molar-refractivity contribution in [3.63, 3.8) is 0 Å². The number of nitro groups is 1. The second-order valence-electron chi connectivity index (χ2n) is 6.51. The van der Waals surface area contributed by atoms with Crippen LogP contribution in [0, 0.1) is 10.1 Å². The first-order valence-electron chi connectivity index (χ1n) is 9.30. The summed E-state index contributed by atoms with van der Waals surface area (Å²) in [4.78, 5) is 36.3. The molecule has 8 heteroatoms. The number of ether oxygens (including phenoxy) is 1. The van der Waals surface area contributed by atoms with Crippen LogP contribution in [-0.4, -0.2) is 34.9 Å². The fourth-order valence-electron chi connectivity index (χ4n) is 2.83. The Morgan fingerprint density at radius 1 is 0.933 bits per heavy atom. The van der Waals surface area contributed by atoms with Crippen LogP contribution < -0.4 is 0 Å². The highest BCUT2D eigenvalue weighted by molar-refractivity contribution is 5.89. The van der Waals surface area contributed by atoms with Crippen LogP contribution in [0.5, 0.6) is 0 Å². The summed E-state index contributed by atoms with van der Waals surface area (Å²) in [6.07, 6.45) is 0.651. The minimum absolute atomic E-state index is 0.326. The molecule has 0 saturated heterocycles. The van der Waals surface area contributed by atoms with Gasteiger partial charge in [0.1, 0.15) is 4.92 Å². The zero-order chi connectivity index (χ0) is 21.3. The predicted molar refractivity (Wildman–Crippen MR) is 108 cm³/mol. The molecule has 2 aromatic carbocycles. The summed E-state index contributed by atoms with van der Waals surface area (Å²) in [5, 5.41) is 10.7. The van der Waals surface area contributed by atoms with Gasteiger partial charge in [-0.3, -0.25) is 14.9 Å². The molecule has 0 radical (unpaired) electrons. The van der Waals surface area contributed by atoms with E-state index in [2.05, 4.69) is 0 Å². The zero-order valence-corrected chi connectivity index (χ0v) is 16.1. The third-order valence-corrected chi connectivity index (χ3v) is 4.38. The van der Waals surface area contributed by atoms with Gasteiger partial charge in [0.2, 0.25) is 5.76 Å². The summed E-state index contributed by atoms with van der Waals surface area (Å²) in [6, 6.07) is 21.4. The Balaban J connectivity index is 1.62. The Labute approximate surface area is 172 Å². The van der Waals surface area contributed by atoms with Crippen molar-refractivity contribution in [3.05, 3.63) is 99.8 Å². The van der Waals surface area contributed by atoms with Crippen LogP contribution in [0.4, 0.5) is 5.88 Å². The monoisotopic (exact) mass is 408 g/mol.